The molecule has 2 heterocycles. The first-order valence-electron chi connectivity index (χ1n) is 15.7. The van der Waals surface area contributed by atoms with Crippen molar-refractivity contribution in [1.82, 2.24) is 4.98 Å². The van der Waals surface area contributed by atoms with Crippen molar-refractivity contribution in [3.8, 4) is 33.7 Å². The van der Waals surface area contributed by atoms with Crippen LogP contribution in [0.2, 0.25) is 19.6 Å². The van der Waals surface area contributed by atoms with Crippen LogP contribution in [0.15, 0.2) is 106 Å². The maximum atomic E-state index is 6.74. The van der Waals surface area contributed by atoms with Crippen LogP contribution in [-0.2, 0) is 0 Å². The number of hydrogen-bond donors (Lipinski definition) is 0. The van der Waals surface area contributed by atoms with Gasteiger partial charge in [0.2, 0.25) is 5.89 Å². The van der Waals surface area contributed by atoms with Crippen LogP contribution < -0.4 is 5.19 Å². The average Bonchev–Trinajstić information content (AvgIpc) is 3.61. The summed E-state index contributed by atoms with van der Waals surface area (Å²) < 4.78 is 13.3. The summed E-state index contributed by atoms with van der Waals surface area (Å²) in [6.45, 7) is 16.2. The third kappa shape index (κ3) is 4.78. The molecule has 0 saturated heterocycles. The van der Waals surface area contributed by atoms with E-state index in [1.807, 2.05) is 6.07 Å². The Hall–Kier alpha value is -4.41. The molecule has 0 amide bonds. The zero-order valence-corrected chi connectivity index (χ0v) is 27.7. The molecule has 220 valence electrons. The zero-order valence-electron chi connectivity index (χ0n) is 26.7. The van der Waals surface area contributed by atoms with E-state index in [2.05, 4.69) is 138 Å². The lowest BCUT2D eigenvalue weighted by Gasteiger charge is -2.22. The molecule has 0 atom stereocenters. The van der Waals surface area contributed by atoms with Gasteiger partial charge in [0.25, 0.3) is 0 Å². The molecule has 2 aromatic heterocycles. The van der Waals surface area contributed by atoms with Gasteiger partial charge in [-0.15, -0.1) is 0 Å². The van der Waals surface area contributed by atoms with Gasteiger partial charge in [0.15, 0.2) is 5.58 Å². The topological polar surface area (TPSA) is 39.2 Å². The number of oxazole rings is 1. The normalized spacial score (nSPS) is 12.4. The molecule has 0 fully saturated rings. The second kappa shape index (κ2) is 10.6. The van der Waals surface area contributed by atoms with Gasteiger partial charge < -0.3 is 8.83 Å². The molecule has 0 unspecified atom stereocenters. The smallest absolute Gasteiger partial charge is 0.231 e. The minimum atomic E-state index is -1.48. The van der Waals surface area contributed by atoms with Crippen molar-refractivity contribution in [1.29, 1.82) is 0 Å². The Morgan fingerprint density at radius 2 is 1.27 bits per heavy atom. The summed E-state index contributed by atoms with van der Waals surface area (Å²) >= 11 is 0. The Morgan fingerprint density at radius 1 is 0.591 bits per heavy atom. The summed E-state index contributed by atoms with van der Waals surface area (Å²) in [6.07, 6.45) is 0. The number of para-hydroxylation sites is 2. The fourth-order valence-electron chi connectivity index (χ4n) is 6.40. The molecule has 5 aromatic carbocycles. The number of benzene rings is 5. The van der Waals surface area contributed by atoms with Crippen molar-refractivity contribution in [2.45, 2.75) is 59.2 Å². The molecular formula is C40H39NO2Si. The summed E-state index contributed by atoms with van der Waals surface area (Å²) in [6, 6.07) is 34.7. The number of hydrogen-bond acceptors (Lipinski definition) is 3. The van der Waals surface area contributed by atoms with Gasteiger partial charge in [-0.25, -0.2) is 4.98 Å². The first kappa shape index (κ1) is 28.4. The van der Waals surface area contributed by atoms with Crippen LogP contribution in [0.25, 0.3) is 66.7 Å². The highest BCUT2D eigenvalue weighted by molar-refractivity contribution is 6.88. The van der Waals surface area contributed by atoms with E-state index >= 15 is 0 Å². The molecule has 4 heteroatoms. The predicted octanol–water partition coefficient (Wildman–Crippen LogP) is 11.5. The van der Waals surface area contributed by atoms with Crippen LogP contribution in [0.1, 0.15) is 50.7 Å². The maximum Gasteiger partial charge on any atom is 0.231 e. The number of nitrogens with zero attached hydrogens (tertiary/aromatic N) is 1. The first-order chi connectivity index (χ1) is 21.1. The van der Waals surface area contributed by atoms with Gasteiger partial charge in [0.1, 0.15) is 16.7 Å². The van der Waals surface area contributed by atoms with Crippen molar-refractivity contribution < 1.29 is 8.83 Å². The van der Waals surface area contributed by atoms with Crippen LogP contribution in [0.5, 0.6) is 0 Å². The maximum absolute atomic E-state index is 6.74. The standard InChI is InChI=1S/C40H39NO2Si/c1-24(2)33-21-27(26-13-9-8-10-14-26)22-34(25(3)4)37(33)31-16-12-18-35-39(31)43-40(41-35)32-17-11-15-30-29-20-19-28(44(5,6)7)23-36(29)42-38(30)32/h8-25H,1-7H3. The van der Waals surface area contributed by atoms with Gasteiger partial charge in [-0.05, 0) is 57.9 Å². The van der Waals surface area contributed by atoms with Crippen molar-refractivity contribution in [2.75, 3.05) is 0 Å². The lowest BCUT2D eigenvalue weighted by molar-refractivity contribution is 0.616. The van der Waals surface area contributed by atoms with E-state index in [1.165, 1.54) is 33.0 Å². The van der Waals surface area contributed by atoms with Gasteiger partial charge in [-0.3, -0.25) is 0 Å². The molecule has 0 bridgehead atoms. The number of furan rings is 1. The summed E-state index contributed by atoms with van der Waals surface area (Å²) in [5.41, 5.74) is 11.7. The molecule has 0 spiro atoms. The predicted molar refractivity (Wildman–Crippen MR) is 189 cm³/mol. The molecule has 0 aliphatic rings. The molecule has 3 nitrogen and oxygen atoms in total. The molecule has 44 heavy (non-hydrogen) atoms. The second-order valence-corrected chi connectivity index (χ2v) is 18.7. The van der Waals surface area contributed by atoms with Crippen LogP contribution in [-0.4, -0.2) is 13.1 Å². The Morgan fingerprint density at radius 3 is 1.95 bits per heavy atom. The number of fused-ring (bicyclic) bond motifs is 4. The van der Waals surface area contributed by atoms with E-state index in [1.54, 1.807) is 0 Å². The molecule has 0 saturated carbocycles. The minimum absolute atomic E-state index is 0.328. The highest BCUT2D eigenvalue weighted by atomic mass is 28.3. The summed E-state index contributed by atoms with van der Waals surface area (Å²) in [5.74, 6) is 1.24. The van der Waals surface area contributed by atoms with E-state index in [9.17, 15) is 0 Å². The Bertz CT molecular complexity index is 2130. The highest BCUT2D eigenvalue weighted by Crippen LogP contribution is 2.44. The monoisotopic (exact) mass is 593 g/mol. The summed E-state index contributed by atoms with van der Waals surface area (Å²) in [7, 11) is -1.48. The Kier molecular flexibility index (Phi) is 6.86. The quantitative estimate of drug-likeness (QED) is 0.180. The average molecular weight is 594 g/mol. The molecule has 0 radical (unpaired) electrons. The lowest BCUT2D eigenvalue weighted by Crippen LogP contribution is -2.37. The van der Waals surface area contributed by atoms with Gasteiger partial charge in [0.05, 0.1) is 13.6 Å². The van der Waals surface area contributed by atoms with Gasteiger partial charge in [0, 0.05) is 16.3 Å². The van der Waals surface area contributed by atoms with E-state index in [0.717, 1.165) is 44.2 Å². The zero-order chi connectivity index (χ0) is 30.7. The lowest BCUT2D eigenvalue weighted by atomic mass is 9.82. The minimum Gasteiger partial charge on any atom is -0.455 e. The SMILES string of the molecule is CC(C)c1cc(-c2ccccc2)cc(C(C)C)c1-c1cccc2nc(-c3cccc4c3oc3cc([Si](C)(C)C)ccc34)oc12. The third-order valence-electron chi connectivity index (χ3n) is 8.83. The van der Waals surface area contributed by atoms with Crippen LogP contribution in [0.3, 0.4) is 0 Å². The number of rotatable bonds is 6. The molecule has 0 aliphatic heterocycles. The summed E-state index contributed by atoms with van der Waals surface area (Å²) in [5, 5.41) is 3.60. The number of aromatic nitrogens is 1. The van der Waals surface area contributed by atoms with E-state index in [0.29, 0.717) is 17.7 Å². The first-order valence-corrected chi connectivity index (χ1v) is 19.2. The van der Waals surface area contributed by atoms with Gasteiger partial charge >= 0.3 is 0 Å². The largest absolute Gasteiger partial charge is 0.455 e. The van der Waals surface area contributed by atoms with Crippen molar-refractivity contribution in [3.05, 3.63) is 108 Å². The highest BCUT2D eigenvalue weighted by Gasteiger charge is 2.24. The van der Waals surface area contributed by atoms with Crippen molar-refractivity contribution in [3.63, 3.8) is 0 Å². The molecule has 0 aliphatic carbocycles. The molecule has 7 aromatic rings. The third-order valence-corrected chi connectivity index (χ3v) is 10.9. The molecule has 7 rings (SSSR count). The Labute approximate surface area is 260 Å². The van der Waals surface area contributed by atoms with E-state index < -0.39 is 8.07 Å². The van der Waals surface area contributed by atoms with E-state index in [-0.39, 0.29) is 0 Å². The molecular weight excluding hydrogens is 555 g/mol. The van der Waals surface area contributed by atoms with E-state index in [4.69, 9.17) is 13.8 Å². The van der Waals surface area contributed by atoms with Gasteiger partial charge in [-0.2, -0.15) is 0 Å². The Balaban J connectivity index is 1.43. The summed E-state index contributed by atoms with van der Waals surface area (Å²) in [4.78, 5) is 5.04. The molecule has 0 N–H and O–H groups in total. The van der Waals surface area contributed by atoms with Crippen molar-refractivity contribution >= 4 is 46.3 Å². The van der Waals surface area contributed by atoms with Crippen LogP contribution >= 0.6 is 0 Å². The van der Waals surface area contributed by atoms with Crippen LogP contribution in [0.4, 0.5) is 0 Å². The van der Waals surface area contributed by atoms with Crippen LogP contribution in [0, 0.1) is 0 Å². The van der Waals surface area contributed by atoms with Gasteiger partial charge in [-0.1, -0.05) is 131 Å². The fraction of sp³-hybridized carbons (Fsp3) is 0.225. The van der Waals surface area contributed by atoms with Crippen molar-refractivity contribution in [2.24, 2.45) is 0 Å². The fourth-order valence-corrected chi connectivity index (χ4v) is 7.55. The second-order valence-electron chi connectivity index (χ2n) is 13.6.